The molecule has 32 heavy (non-hydrogen) atoms. The summed E-state index contributed by atoms with van der Waals surface area (Å²) in [5.74, 6) is 0.361. The van der Waals surface area contributed by atoms with Gasteiger partial charge in [0.05, 0.1) is 46.9 Å². The van der Waals surface area contributed by atoms with Crippen molar-refractivity contribution in [2.24, 2.45) is 0 Å². The number of pyridine rings is 1. The molecule has 5 heterocycles. The SMILES string of the molecule is Cc1cc2ncc(NC(=O)Nc3cnc(-n4nccn4)c(Cl)c3)c(C3(C)CCCO3)n2n1. The Hall–Kier alpha value is -3.57. The van der Waals surface area contributed by atoms with E-state index >= 15 is 0 Å². The lowest BCUT2D eigenvalue weighted by molar-refractivity contribution is 0.0121. The highest BCUT2D eigenvalue weighted by Crippen LogP contribution is 2.39. The number of amides is 2. The summed E-state index contributed by atoms with van der Waals surface area (Å²) in [6.45, 7) is 4.55. The zero-order chi connectivity index (χ0) is 22.3. The molecule has 11 nitrogen and oxygen atoms in total. The van der Waals surface area contributed by atoms with Crippen molar-refractivity contribution < 1.29 is 9.53 Å². The third-order valence-electron chi connectivity index (χ3n) is 5.26. The van der Waals surface area contributed by atoms with E-state index in [0.29, 0.717) is 34.5 Å². The minimum atomic E-state index is -0.592. The van der Waals surface area contributed by atoms with Crippen LogP contribution in [0.15, 0.2) is 36.9 Å². The van der Waals surface area contributed by atoms with Crippen molar-refractivity contribution in [3.8, 4) is 5.82 Å². The van der Waals surface area contributed by atoms with E-state index in [2.05, 4.69) is 35.9 Å². The van der Waals surface area contributed by atoms with Crippen molar-refractivity contribution >= 4 is 34.7 Å². The number of ether oxygens (including phenoxy) is 1. The Kier molecular flexibility index (Phi) is 4.98. The van der Waals surface area contributed by atoms with E-state index in [1.807, 2.05) is 19.9 Å². The van der Waals surface area contributed by atoms with Crippen LogP contribution >= 0.6 is 11.6 Å². The number of carbonyl (C=O) groups is 1. The second kappa shape index (κ2) is 7.84. The molecular weight excluding hydrogens is 434 g/mol. The van der Waals surface area contributed by atoms with Gasteiger partial charge in [-0.15, -0.1) is 4.80 Å². The molecule has 0 spiro atoms. The van der Waals surface area contributed by atoms with Crippen LogP contribution in [0.3, 0.4) is 0 Å². The molecule has 4 aromatic rings. The summed E-state index contributed by atoms with van der Waals surface area (Å²) in [6.07, 6.45) is 7.88. The first-order chi connectivity index (χ1) is 15.4. The second-order valence-corrected chi connectivity index (χ2v) is 8.09. The van der Waals surface area contributed by atoms with Crippen LogP contribution in [0.5, 0.6) is 0 Å². The molecule has 2 N–H and O–H groups in total. The molecule has 0 aromatic carbocycles. The number of carbonyl (C=O) groups excluding carboxylic acids is 1. The molecule has 1 aliphatic heterocycles. The number of aromatic nitrogens is 7. The van der Waals surface area contributed by atoms with Gasteiger partial charge in [-0.2, -0.15) is 15.3 Å². The maximum atomic E-state index is 12.8. The number of fused-ring (bicyclic) bond motifs is 1. The summed E-state index contributed by atoms with van der Waals surface area (Å²) < 4.78 is 7.78. The molecule has 4 aromatic heterocycles. The lowest BCUT2D eigenvalue weighted by Crippen LogP contribution is -2.29. The number of hydrogen-bond donors (Lipinski definition) is 2. The average molecular weight is 454 g/mol. The molecule has 0 bridgehead atoms. The van der Waals surface area contributed by atoms with Gasteiger partial charge in [0, 0.05) is 12.7 Å². The number of nitrogens with zero attached hydrogens (tertiary/aromatic N) is 7. The largest absolute Gasteiger partial charge is 0.369 e. The van der Waals surface area contributed by atoms with Crippen molar-refractivity contribution in [3.05, 3.63) is 53.3 Å². The number of nitrogens with one attached hydrogen (secondary N) is 2. The fourth-order valence-corrected chi connectivity index (χ4v) is 4.11. The predicted molar refractivity (Wildman–Crippen MR) is 117 cm³/mol. The molecule has 2 amide bonds. The van der Waals surface area contributed by atoms with Crippen LogP contribution in [0.2, 0.25) is 5.02 Å². The lowest BCUT2D eigenvalue weighted by atomic mass is 9.97. The van der Waals surface area contributed by atoms with E-state index in [0.717, 1.165) is 24.2 Å². The number of rotatable bonds is 4. The van der Waals surface area contributed by atoms with Gasteiger partial charge < -0.3 is 15.4 Å². The standard InChI is InChI=1S/C20H20ClN9O2/c1-12-8-16-22-11-15(17(29(16)28-12)20(2)4-3-7-32-20)27-19(31)26-13-9-14(21)18(23-10-13)30-24-5-6-25-30/h5-6,8-11H,3-4,7H2,1-2H3,(H2,26,27,31). The van der Waals surface area contributed by atoms with Gasteiger partial charge in [0.2, 0.25) is 0 Å². The molecule has 164 valence electrons. The fraction of sp³-hybridized carbons (Fsp3) is 0.300. The summed E-state index contributed by atoms with van der Waals surface area (Å²) in [7, 11) is 0. The highest BCUT2D eigenvalue weighted by molar-refractivity contribution is 6.32. The summed E-state index contributed by atoms with van der Waals surface area (Å²) in [4.78, 5) is 22.8. The van der Waals surface area contributed by atoms with Crippen LogP contribution in [-0.2, 0) is 10.3 Å². The molecule has 1 aliphatic rings. The summed E-state index contributed by atoms with van der Waals surface area (Å²) in [5, 5.41) is 18.5. The second-order valence-electron chi connectivity index (χ2n) is 7.69. The molecule has 0 radical (unpaired) electrons. The van der Waals surface area contributed by atoms with Crippen LogP contribution in [0.4, 0.5) is 16.2 Å². The molecule has 12 heteroatoms. The highest BCUT2D eigenvalue weighted by atomic mass is 35.5. The van der Waals surface area contributed by atoms with Crippen molar-refractivity contribution in [2.45, 2.75) is 32.3 Å². The molecule has 0 aliphatic carbocycles. The Morgan fingerprint density at radius 1 is 1.19 bits per heavy atom. The van der Waals surface area contributed by atoms with Gasteiger partial charge in [0.1, 0.15) is 11.3 Å². The number of aryl methyl sites for hydroxylation is 1. The highest BCUT2D eigenvalue weighted by Gasteiger charge is 2.37. The van der Waals surface area contributed by atoms with Gasteiger partial charge in [-0.1, -0.05) is 11.6 Å². The maximum absolute atomic E-state index is 12.8. The van der Waals surface area contributed by atoms with Crippen LogP contribution < -0.4 is 10.6 Å². The quantitative estimate of drug-likeness (QED) is 0.485. The molecule has 1 fully saturated rings. The van der Waals surface area contributed by atoms with E-state index in [1.165, 1.54) is 23.4 Å². The molecular formula is C20H20ClN9O2. The van der Waals surface area contributed by atoms with Gasteiger partial charge in [-0.3, -0.25) is 0 Å². The minimum absolute atomic E-state index is 0.293. The zero-order valence-corrected chi connectivity index (χ0v) is 18.2. The number of urea groups is 1. The summed E-state index contributed by atoms with van der Waals surface area (Å²) in [6, 6.07) is 2.99. The molecule has 1 unspecified atom stereocenters. The first-order valence-electron chi connectivity index (χ1n) is 10.0. The van der Waals surface area contributed by atoms with Gasteiger partial charge in [0.25, 0.3) is 0 Å². The van der Waals surface area contributed by atoms with Crippen molar-refractivity contribution in [2.75, 3.05) is 17.2 Å². The van der Waals surface area contributed by atoms with Crippen LogP contribution in [0, 0.1) is 6.92 Å². The first-order valence-corrected chi connectivity index (χ1v) is 10.4. The summed E-state index contributed by atoms with van der Waals surface area (Å²) in [5.41, 5.74) is 2.61. The van der Waals surface area contributed by atoms with Gasteiger partial charge in [-0.05, 0) is 32.8 Å². The Morgan fingerprint density at radius 3 is 2.72 bits per heavy atom. The Bertz CT molecular complexity index is 1300. The number of anilines is 2. The first kappa shape index (κ1) is 20.3. The van der Waals surface area contributed by atoms with Crippen molar-refractivity contribution in [1.29, 1.82) is 0 Å². The van der Waals surface area contributed by atoms with E-state index in [9.17, 15) is 4.79 Å². The van der Waals surface area contributed by atoms with E-state index in [-0.39, 0.29) is 0 Å². The minimum Gasteiger partial charge on any atom is -0.369 e. The number of halogens is 1. The molecule has 5 rings (SSSR count). The van der Waals surface area contributed by atoms with E-state index in [1.54, 1.807) is 16.8 Å². The third-order valence-corrected chi connectivity index (χ3v) is 5.54. The lowest BCUT2D eigenvalue weighted by Gasteiger charge is -2.26. The Morgan fingerprint density at radius 2 is 2.00 bits per heavy atom. The van der Waals surface area contributed by atoms with Crippen LogP contribution in [-0.4, -0.2) is 47.2 Å². The van der Waals surface area contributed by atoms with Crippen LogP contribution in [0.25, 0.3) is 11.5 Å². The normalized spacial score (nSPS) is 18.2. The molecule has 1 atom stereocenters. The number of hydrogen-bond acceptors (Lipinski definition) is 7. The summed E-state index contributed by atoms with van der Waals surface area (Å²) >= 11 is 6.29. The topological polar surface area (TPSA) is 124 Å². The Labute approximate surface area is 187 Å². The third kappa shape index (κ3) is 3.65. The van der Waals surface area contributed by atoms with Gasteiger partial charge in [-0.25, -0.2) is 19.3 Å². The predicted octanol–water partition coefficient (Wildman–Crippen LogP) is 3.34. The molecule has 1 saturated heterocycles. The Balaban J connectivity index is 1.42. The maximum Gasteiger partial charge on any atom is 0.323 e. The van der Waals surface area contributed by atoms with Crippen molar-refractivity contribution in [1.82, 2.24) is 34.6 Å². The van der Waals surface area contributed by atoms with Crippen LogP contribution in [0.1, 0.15) is 31.2 Å². The monoisotopic (exact) mass is 453 g/mol. The fourth-order valence-electron chi connectivity index (χ4n) is 3.87. The van der Waals surface area contributed by atoms with Crippen molar-refractivity contribution in [3.63, 3.8) is 0 Å². The molecule has 0 saturated carbocycles. The smallest absolute Gasteiger partial charge is 0.323 e. The average Bonchev–Trinajstić information content (AvgIpc) is 3.49. The van der Waals surface area contributed by atoms with E-state index in [4.69, 9.17) is 16.3 Å². The van der Waals surface area contributed by atoms with Gasteiger partial charge in [0.15, 0.2) is 11.5 Å². The zero-order valence-electron chi connectivity index (χ0n) is 17.4. The van der Waals surface area contributed by atoms with E-state index < -0.39 is 11.6 Å². The van der Waals surface area contributed by atoms with Gasteiger partial charge >= 0.3 is 6.03 Å².